The molecule has 1 aliphatic carbocycles. The minimum absolute atomic E-state index is 0.131. The molecule has 1 saturated heterocycles. The van der Waals surface area contributed by atoms with Crippen LogP contribution >= 0.6 is 0 Å². The van der Waals surface area contributed by atoms with Gasteiger partial charge in [0.15, 0.2) is 0 Å². The van der Waals surface area contributed by atoms with Crippen molar-refractivity contribution in [3.8, 4) is 0 Å². The maximum Gasteiger partial charge on any atom is 0.410 e. The molecule has 2 fully saturated rings. The zero-order chi connectivity index (χ0) is 16.2. The molecule has 0 spiro atoms. The first kappa shape index (κ1) is 16.6. The number of likely N-dealkylation sites (tertiary alicyclic amines) is 1. The summed E-state index contributed by atoms with van der Waals surface area (Å²) in [6.07, 6.45) is 1.97. The van der Waals surface area contributed by atoms with Gasteiger partial charge in [-0.25, -0.2) is 4.79 Å². The molecule has 0 aromatic rings. The Bertz CT molecular complexity index is 423. The molecule has 1 unspecified atom stereocenters. The third-order valence-electron chi connectivity index (χ3n) is 5.15. The number of hydrogen-bond donors (Lipinski definition) is 1. The molecule has 0 bridgehead atoms. The Morgan fingerprint density at radius 2 is 1.76 bits per heavy atom. The summed E-state index contributed by atoms with van der Waals surface area (Å²) < 4.78 is 5.63. The number of nitrogens with two attached hydrogens (primary N) is 1. The molecular weight excluding hydrogens is 264 g/mol. The molecule has 1 heterocycles. The van der Waals surface area contributed by atoms with Gasteiger partial charge in [-0.3, -0.25) is 0 Å². The van der Waals surface area contributed by atoms with E-state index >= 15 is 0 Å². The van der Waals surface area contributed by atoms with Crippen molar-refractivity contribution in [1.29, 1.82) is 0 Å². The average Bonchev–Trinajstić information content (AvgIpc) is 2.75. The highest BCUT2D eigenvalue weighted by Crippen LogP contribution is 2.56. The maximum absolute atomic E-state index is 12.6. The van der Waals surface area contributed by atoms with Gasteiger partial charge in [-0.05, 0) is 44.4 Å². The third kappa shape index (κ3) is 3.36. The summed E-state index contributed by atoms with van der Waals surface area (Å²) in [5.74, 6) is 0.390. The molecule has 0 aromatic heterocycles. The molecule has 0 aromatic carbocycles. The van der Waals surface area contributed by atoms with Gasteiger partial charge >= 0.3 is 6.09 Å². The fraction of sp³-hybridized carbons (Fsp3) is 0.941. The molecule has 2 N–H and O–H groups in total. The molecule has 2 rings (SSSR count). The minimum atomic E-state index is -0.454. The van der Waals surface area contributed by atoms with Crippen LogP contribution in [0.25, 0.3) is 0 Å². The lowest BCUT2D eigenvalue weighted by atomic mass is 9.79. The van der Waals surface area contributed by atoms with Crippen LogP contribution in [0.2, 0.25) is 0 Å². The lowest BCUT2D eigenvalue weighted by Crippen LogP contribution is -2.53. The summed E-state index contributed by atoms with van der Waals surface area (Å²) in [7, 11) is 0. The molecule has 4 heteroatoms. The first-order valence-electron chi connectivity index (χ1n) is 8.10. The molecular formula is C17H32N2O2. The number of rotatable bonds is 1. The van der Waals surface area contributed by atoms with E-state index in [1.54, 1.807) is 0 Å². The van der Waals surface area contributed by atoms with Gasteiger partial charge in [0.1, 0.15) is 5.60 Å². The standard InChI is InChI=1S/C17H32N2O2/c1-15(2,3)21-14(20)19-10-16(4,5)9-8-11(19)12-13(18)17(12,6)7/h11-13H,8-10,18H2,1-7H3/t11?,12-,13-/m1/s1. The number of ether oxygens (including phenoxy) is 1. The van der Waals surface area contributed by atoms with Crippen molar-refractivity contribution in [2.45, 2.75) is 79.0 Å². The number of hydrogen-bond acceptors (Lipinski definition) is 3. The van der Waals surface area contributed by atoms with Crippen LogP contribution in [0.5, 0.6) is 0 Å². The van der Waals surface area contributed by atoms with Crippen LogP contribution in [0.4, 0.5) is 4.79 Å². The number of carbonyl (C=O) groups is 1. The van der Waals surface area contributed by atoms with Gasteiger partial charge in [0, 0.05) is 24.5 Å². The van der Waals surface area contributed by atoms with Crippen molar-refractivity contribution < 1.29 is 9.53 Å². The molecule has 4 nitrogen and oxygen atoms in total. The van der Waals surface area contributed by atoms with Crippen LogP contribution in [0, 0.1) is 16.7 Å². The van der Waals surface area contributed by atoms with E-state index in [9.17, 15) is 4.79 Å². The normalized spacial score (nSPS) is 34.5. The lowest BCUT2D eigenvalue weighted by Gasteiger charge is -2.44. The van der Waals surface area contributed by atoms with Crippen molar-refractivity contribution in [3.63, 3.8) is 0 Å². The smallest absolute Gasteiger partial charge is 0.410 e. The van der Waals surface area contributed by atoms with Gasteiger partial charge in [-0.15, -0.1) is 0 Å². The highest BCUT2D eigenvalue weighted by molar-refractivity contribution is 5.69. The summed E-state index contributed by atoms with van der Waals surface area (Å²) in [6.45, 7) is 15.4. The number of piperidine rings is 1. The predicted octanol–water partition coefficient (Wildman–Crippen LogP) is 3.40. The Morgan fingerprint density at radius 1 is 1.24 bits per heavy atom. The fourth-order valence-electron chi connectivity index (χ4n) is 3.70. The van der Waals surface area contributed by atoms with E-state index in [1.807, 2.05) is 25.7 Å². The van der Waals surface area contributed by atoms with Crippen LogP contribution in [0.15, 0.2) is 0 Å². The van der Waals surface area contributed by atoms with E-state index in [2.05, 4.69) is 27.7 Å². The highest BCUT2D eigenvalue weighted by atomic mass is 16.6. The van der Waals surface area contributed by atoms with Gasteiger partial charge < -0.3 is 15.4 Å². The van der Waals surface area contributed by atoms with Gasteiger partial charge in [-0.1, -0.05) is 27.7 Å². The van der Waals surface area contributed by atoms with Crippen LogP contribution < -0.4 is 5.73 Å². The van der Waals surface area contributed by atoms with Crippen molar-refractivity contribution >= 4 is 6.09 Å². The van der Waals surface area contributed by atoms with Crippen molar-refractivity contribution in [3.05, 3.63) is 0 Å². The highest BCUT2D eigenvalue weighted by Gasteiger charge is 2.61. The summed E-state index contributed by atoms with van der Waals surface area (Å²) in [5.41, 5.74) is 6.08. The fourth-order valence-corrected chi connectivity index (χ4v) is 3.70. The lowest BCUT2D eigenvalue weighted by molar-refractivity contribution is -0.0132. The van der Waals surface area contributed by atoms with E-state index in [4.69, 9.17) is 10.5 Å². The molecule has 21 heavy (non-hydrogen) atoms. The van der Waals surface area contributed by atoms with Gasteiger partial charge in [-0.2, -0.15) is 0 Å². The van der Waals surface area contributed by atoms with Crippen LogP contribution in [-0.2, 0) is 4.74 Å². The summed E-state index contributed by atoms with van der Waals surface area (Å²) in [4.78, 5) is 14.6. The van der Waals surface area contributed by atoms with Gasteiger partial charge in [0.05, 0.1) is 0 Å². The SMILES string of the molecule is CC1(C)CCC([C@@H]2[C@@H](N)C2(C)C)N(C(=O)OC(C)(C)C)C1. The third-order valence-corrected chi connectivity index (χ3v) is 5.15. The van der Waals surface area contributed by atoms with E-state index < -0.39 is 5.60 Å². The minimum Gasteiger partial charge on any atom is -0.444 e. The molecule has 1 amide bonds. The predicted molar refractivity (Wildman–Crippen MR) is 85.0 cm³/mol. The molecule has 1 saturated carbocycles. The Kier molecular flexibility index (Phi) is 3.85. The maximum atomic E-state index is 12.6. The monoisotopic (exact) mass is 296 g/mol. The summed E-state index contributed by atoms with van der Waals surface area (Å²) in [6, 6.07) is 0.409. The van der Waals surface area contributed by atoms with Crippen LogP contribution in [0.3, 0.4) is 0 Å². The Labute approximate surface area is 129 Å². The van der Waals surface area contributed by atoms with E-state index in [0.717, 1.165) is 19.4 Å². The molecule has 2 aliphatic rings. The number of nitrogens with zero attached hydrogens (tertiary/aromatic N) is 1. The van der Waals surface area contributed by atoms with E-state index in [1.165, 1.54) is 0 Å². The topological polar surface area (TPSA) is 55.6 Å². The molecule has 0 radical (unpaired) electrons. The largest absolute Gasteiger partial charge is 0.444 e. The number of carbonyl (C=O) groups excluding carboxylic acids is 1. The molecule has 1 aliphatic heterocycles. The zero-order valence-electron chi connectivity index (χ0n) is 14.7. The second-order valence-corrected chi connectivity index (χ2v) is 9.25. The van der Waals surface area contributed by atoms with E-state index in [-0.39, 0.29) is 29.0 Å². The first-order valence-corrected chi connectivity index (χ1v) is 8.10. The molecule has 3 atom stereocenters. The van der Waals surface area contributed by atoms with Crippen molar-refractivity contribution in [2.75, 3.05) is 6.54 Å². The van der Waals surface area contributed by atoms with Crippen molar-refractivity contribution in [1.82, 2.24) is 4.90 Å². The summed E-state index contributed by atoms with van der Waals surface area (Å²) in [5, 5.41) is 0. The molecule has 122 valence electrons. The number of amides is 1. The second-order valence-electron chi connectivity index (χ2n) is 9.25. The zero-order valence-corrected chi connectivity index (χ0v) is 14.7. The summed E-state index contributed by atoms with van der Waals surface area (Å²) >= 11 is 0. The van der Waals surface area contributed by atoms with Gasteiger partial charge in [0.25, 0.3) is 0 Å². The Balaban J connectivity index is 2.17. The van der Waals surface area contributed by atoms with Crippen LogP contribution in [-0.4, -0.2) is 35.2 Å². The Morgan fingerprint density at radius 3 is 2.19 bits per heavy atom. The first-order chi connectivity index (χ1) is 9.35. The van der Waals surface area contributed by atoms with Gasteiger partial charge in [0.2, 0.25) is 0 Å². The Hall–Kier alpha value is -0.770. The second kappa shape index (κ2) is 4.87. The van der Waals surface area contributed by atoms with Crippen LogP contribution in [0.1, 0.15) is 61.3 Å². The average molecular weight is 296 g/mol. The van der Waals surface area contributed by atoms with Crippen molar-refractivity contribution in [2.24, 2.45) is 22.5 Å². The van der Waals surface area contributed by atoms with E-state index in [0.29, 0.717) is 5.92 Å². The quantitative estimate of drug-likeness (QED) is 0.807.